The maximum absolute atomic E-state index is 14.7. The zero-order valence-corrected chi connectivity index (χ0v) is 21.0. The number of amides is 2. The largest absolute Gasteiger partial charge is 0.494 e. The number of aliphatic carboxylic acids is 1. The lowest BCUT2D eigenvalue weighted by Gasteiger charge is -2.36. The van der Waals surface area contributed by atoms with Gasteiger partial charge in [0.2, 0.25) is 5.91 Å². The van der Waals surface area contributed by atoms with Crippen molar-refractivity contribution < 1.29 is 33.0 Å². The van der Waals surface area contributed by atoms with Crippen LogP contribution in [0.2, 0.25) is 0 Å². The van der Waals surface area contributed by atoms with Crippen molar-refractivity contribution in [3.8, 4) is 5.75 Å². The van der Waals surface area contributed by atoms with Gasteiger partial charge < -0.3 is 20.1 Å². The number of fused-ring (bicyclic) bond motifs is 1. The summed E-state index contributed by atoms with van der Waals surface area (Å²) in [7, 11) is -1.69. The summed E-state index contributed by atoms with van der Waals surface area (Å²) in [4.78, 5) is 38.5. The number of anilines is 1. The highest BCUT2D eigenvalue weighted by molar-refractivity contribution is 8.32. The molecule has 0 aliphatic carbocycles. The van der Waals surface area contributed by atoms with E-state index in [1.165, 1.54) is 4.90 Å². The first kappa shape index (κ1) is 26.5. The molecule has 0 aromatic heterocycles. The van der Waals surface area contributed by atoms with Crippen LogP contribution in [0.1, 0.15) is 36.9 Å². The van der Waals surface area contributed by atoms with Crippen molar-refractivity contribution in [3.05, 3.63) is 53.1 Å². The van der Waals surface area contributed by atoms with Gasteiger partial charge in [-0.2, -0.15) is 0 Å². The number of carbonyl (C=O) groups excluding carboxylic acids is 2. The van der Waals surface area contributed by atoms with Gasteiger partial charge in [0.1, 0.15) is 23.4 Å². The Kier molecular flexibility index (Phi) is 8.04. The maximum atomic E-state index is 14.7. The first-order valence-corrected chi connectivity index (χ1v) is 14.0. The smallest absolute Gasteiger partial charge is 0.303 e. The Morgan fingerprint density at radius 2 is 1.77 bits per heavy atom. The van der Waals surface area contributed by atoms with Crippen LogP contribution in [0.15, 0.2) is 35.2 Å². The number of nitrogens with one attached hydrogen (secondary N) is 1. The lowest BCUT2D eigenvalue weighted by molar-refractivity contribution is -0.143. The number of rotatable bonds is 8. The maximum Gasteiger partial charge on any atom is 0.303 e. The van der Waals surface area contributed by atoms with E-state index in [2.05, 4.69) is 5.32 Å². The Balaban J connectivity index is 1.96. The van der Waals surface area contributed by atoms with Gasteiger partial charge in [-0.3, -0.25) is 14.4 Å². The van der Waals surface area contributed by atoms with Crippen LogP contribution in [-0.4, -0.2) is 59.7 Å². The minimum absolute atomic E-state index is 0.00700. The van der Waals surface area contributed by atoms with Gasteiger partial charge in [0.25, 0.3) is 5.91 Å². The molecule has 0 saturated heterocycles. The highest BCUT2D eigenvalue weighted by atomic mass is 32.3. The van der Waals surface area contributed by atoms with Crippen LogP contribution in [0, 0.1) is 11.6 Å². The van der Waals surface area contributed by atoms with E-state index in [4.69, 9.17) is 9.84 Å². The SMILES string of the molecule is CCOc1ccc2c(c1)CCN(C(=O)CCC(=O)O)[C@H]2C(=O)Nc1cc(F)c(S(C)(C)C)c(F)c1. The monoisotopic (exact) mass is 508 g/mol. The number of ether oxygens (including phenoxy) is 1. The third-order valence-corrected chi connectivity index (χ3v) is 7.27. The molecule has 0 fully saturated rings. The summed E-state index contributed by atoms with van der Waals surface area (Å²) in [6, 6.07) is 6.25. The summed E-state index contributed by atoms with van der Waals surface area (Å²) >= 11 is 0. The minimum atomic E-state index is -1.69. The number of hydrogen-bond donors (Lipinski definition) is 2. The molecule has 0 unspecified atom stereocenters. The average Bonchev–Trinajstić information content (AvgIpc) is 2.75. The Morgan fingerprint density at radius 1 is 1.11 bits per heavy atom. The number of nitrogens with zero attached hydrogens (tertiary/aromatic N) is 1. The molecule has 0 bridgehead atoms. The second-order valence-electron chi connectivity index (χ2n) is 9.02. The van der Waals surface area contributed by atoms with Crippen LogP contribution in [0.3, 0.4) is 0 Å². The minimum Gasteiger partial charge on any atom is -0.494 e. The van der Waals surface area contributed by atoms with E-state index in [-0.39, 0.29) is 30.0 Å². The summed E-state index contributed by atoms with van der Waals surface area (Å²) in [5.41, 5.74) is 1.30. The van der Waals surface area contributed by atoms with Gasteiger partial charge in [-0.25, -0.2) is 18.8 Å². The molecule has 7 nitrogen and oxygen atoms in total. The molecule has 1 heterocycles. The molecule has 190 valence electrons. The zero-order valence-electron chi connectivity index (χ0n) is 20.2. The molecular formula is C25H30F2N2O5S. The topological polar surface area (TPSA) is 95.9 Å². The predicted molar refractivity (Wildman–Crippen MR) is 131 cm³/mol. The van der Waals surface area contributed by atoms with Crippen molar-refractivity contribution in [2.45, 2.75) is 37.1 Å². The zero-order chi connectivity index (χ0) is 25.9. The second kappa shape index (κ2) is 10.6. The van der Waals surface area contributed by atoms with Gasteiger partial charge in [0.15, 0.2) is 0 Å². The van der Waals surface area contributed by atoms with E-state index >= 15 is 0 Å². The summed E-state index contributed by atoms with van der Waals surface area (Å²) < 4.78 is 35.0. The molecule has 2 aromatic carbocycles. The van der Waals surface area contributed by atoms with E-state index in [1.54, 1.807) is 37.0 Å². The van der Waals surface area contributed by atoms with Gasteiger partial charge in [-0.1, -0.05) is 6.07 Å². The summed E-state index contributed by atoms with van der Waals surface area (Å²) in [5, 5.41) is 11.5. The summed E-state index contributed by atoms with van der Waals surface area (Å²) in [5.74, 6) is -3.12. The number of carbonyl (C=O) groups is 3. The van der Waals surface area contributed by atoms with Crippen LogP contribution in [0.4, 0.5) is 14.5 Å². The highest BCUT2D eigenvalue weighted by Crippen LogP contribution is 2.48. The average molecular weight is 509 g/mol. The fraction of sp³-hybridized carbons (Fsp3) is 0.400. The molecule has 3 rings (SSSR count). The molecule has 1 atom stereocenters. The van der Waals surface area contributed by atoms with E-state index < -0.39 is 45.5 Å². The Morgan fingerprint density at radius 3 is 2.34 bits per heavy atom. The summed E-state index contributed by atoms with van der Waals surface area (Å²) in [6.07, 6.45) is 5.12. The highest BCUT2D eigenvalue weighted by Gasteiger charge is 2.36. The molecule has 10 heteroatoms. The van der Waals surface area contributed by atoms with E-state index in [1.807, 2.05) is 6.92 Å². The number of halogens is 2. The predicted octanol–water partition coefficient (Wildman–Crippen LogP) is 4.35. The molecule has 2 aromatic rings. The standard InChI is InChI=1S/C25H30F2N2O5S/c1-5-34-17-6-7-18-15(12-17)10-11-29(21(30)8-9-22(31)32)23(18)25(33)28-16-13-19(26)24(20(27)14-16)35(2,3)4/h6-7,12-14,23H,5,8-11H2,1-4H3,(H,28,33)(H,31,32)/t23-/m1/s1. The fourth-order valence-electron chi connectivity index (χ4n) is 4.20. The third kappa shape index (κ3) is 6.11. The fourth-order valence-corrected chi connectivity index (χ4v) is 5.48. The van der Waals surface area contributed by atoms with Crippen LogP contribution in [-0.2, 0) is 20.8 Å². The Labute approximate surface area is 204 Å². The van der Waals surface area contributed by atoms with Crippen molar-refractivity contribution >= 4 is 33.5 Å². The van der Waals surface area contributed by atoms with Crippen LogP contribution >= 0.6 is 10.0 Å². The number of hydrogen-bond acceptors (Lipinski definition) is 4. The second-order valence-corrected chi connectivity index (χ2v) is 13.1. The Bertz CT molecular complexity index is 1130. The number of benzene rings is 2. The quantitative estimate of drug-likeness (QED) is 0.553. The van der Waals surface area contributed by atoms with Gasteiger partial charge in [0.05, 0.1) is 17.9 Å². The van der Waals surface area contributed by atoms with Crippen molar-refractivity contribution in [1.82, 2.24) is 4.90 Å². The number of carboxylic acids is 1. The molecule has 1 aliphatic heterocycles. The van der Waals surface area contributed by atoms with Crippen molar-refractivity contribution in [3.63, 3.8) is 0 Å². The van der Waals surface area contributed by atoms with Gasteiger partial charge in [-0.15, -0.1) is 0 Å². The molecule has 2 N–H and O–H groups in total. The van der Waals surface area contributed by atoms with E-state index in [0.29, 0.717) is 24.3 Å². The molecule has 0 radical (unpaired) electrons. The van der Waals surface area contributed by atoms with Crippen LogP contribution in [0.25, 0.3) is 0 Å². The van der Waals surface area contributed by atoms with Gasteiger partial charge in [-0.05, 0) is 67.5 Å². The van der Waals surface area contributed by atoms with E-state index in [0.717, 1.165) is 17.7 Å². The molecule has 1 aliphatic rings. The first-order chi connectivity index (χ1) is 16.4. The third-order valence-electron chi connectivity index (χ3n) is 5.65. The van der Waals surface area contributed by atoms with Gasteiger partial charge in [0, 0.05) is 18.7 Å². The van der Waals surface area contributed by atoms with Gasteiger partial charge >= 0.3 is 5.97 Å². The van der Waals surface area contributed by atoms with Crippen LogP contribution < -0.4 is 10.1 Å². The molecule has 2 amide bonds. The van der Waals surface area contributed by atoms with Crippen molar-refractivity contribution in [1.29, 1.82) is 0 Å². The lowest BCUT2D eigenvalue weighted by atomic mass is 9.91. The molecule has 0 spiro atoms. The molecule has 0 saturated carbocycles. The summed E-state index contributed by atoms with van der Waals surface area (Å²) in [6.45, 7) is 2.50. The number of carboxylic acid groups (broad SMARTS) is 1. The normalized spacial score (nSPS) is 15.8. The Hall–Kier alpha value is -3.14. The van der Waals surface area contributed by atoms with Crippen LogP contribution in [0.5, 0.6) is 5.75 Å². The van der Waals surface area contributed by atoms with Crippen molar-refractivity contribution in [2.75, 3.05) is 37.2 Å². The molecular weight excluding hydrogens is 478 g/mol. The molecule has 35 heavy (non-hydrogen) atoms. The van der Waals surface area contributed by atoms with Crippen molar-refractivity contribution in [2.24, 2.45) is 0 Å². The van der Waals surface area contributed by atoms with E-state index in [9.17, 15) is 23.2 Å². The lowest BCUT2D eigenvalue weighted by Crippen LogP contribution is -2.45. The first-order valence-electron chi connectivity index (χ1n) is 11.2.